The van der Waals surface area contributed by atoms with Gasteiger partial charge in [0.05, 0.1) is 7.11 Å². The molecule has 1 saturated heterocycles. The number of hydrogen-bond acceptors (Lipinski definition) is 4. The van der Waals surface area contributed by atoms with Crippen molar-refractivity contribution < 1.29 is 4.74 Å². The number of nitrogens with zero attached hydrogens (tertiary/aromatic N) is 4. The van der Waals surface area contributed by atoms with E-state index >= 15 is 0 Å². The van der Waals surface area contributed by atoms with E-state index in [-0.39, 0.29) is 0 Å². The zero-order chi connectivity index (χ0) is 17.8. The van der Waals surface area contributed by atoms with Crippen LogP contribution in [0.5, 0.6) is 5.75 Å². The van der Waals surface area contributed by atoms with E-state index in [1.807, 2.05) is 41.1 Å². The van der Waals surface area contributed by atoms with Crippen LogP contribution in [0.1, 0.15) is 12.8 Å². The van der Waals surface area contributed by atoms with Gasteiger partial charge in [-0.25, -0.2) is 9.97 Å². The van der Waals surface area contributed by atoms with Crippen molar-refractivity contribution in [2.45, 2.75) is 12.8 Å². The van der Waals surface area contributed by atoms with Gasteiger partial charge in [0.25, 0.3) is 0 Å². The van der Waals surface area contributed by atoms with E-state index in [4.69, 9.17) is 4.74 Å². The summed E-state index contributed by atoms with van der Waals surface area (Å²) in [5, 5.41) is 2.39. The molecule has 4 aromatic rings. The molecule has 0 radical (unpaired) electrons. The highest BCUT2D eigenvalue weighted by Crippen LogP contribution is 2.24. The maximum atomic E-state index is 5.23. The fourth-order valence-electron chi connectivity index (χ4n) is 3.40. The van der Waals surface area contributed by atoms with Crippen LogP contribution in [0.25, 0.3) is 16.6 Å². The fourth-order valence-corrected chi connectivity index (χ4v) is 3.40. The van der Waals surface area contributed by atoms with Gasteiger partial charge in [-0.15, -0.1) is 0 Å². The Morgan fingerprint density at radius 2 is 1.65 bits per heavy atom. The molecule has 5 heteroatoms. The van der Waals surface area contributed by atoms with Crippen molar-refractivity contribution in [3.8, 4) is 5.75 Å². The number of fused-ring (bicyclic) bond motifs is 2. The van der Waals surface area contributed by atoms with Crippen molar-refractivity contribution in [3.05, 3.63) is 67.1 Å². The van der Waals surface area contributed by atoms with Crippen LogP contribution in [0.3, 0.4) is 0 Å². The molecule has 0 amide bonds. The normalized spacial score (nSPS) is 13.7. The van der Waals surface area contributed by atoms with Gasteiger partial charge in [-0.05, 0) is 30.4 Å². The molecule has 1 fully saturated rings. The Labute approximate surface area is 152 Å². The van der Waals surface area contributed by atoms with Crippen LogP contribution in [-0.4, -0.2) is 34.6 Å². The molecule has 0 saturated carbocycles. The molecule has 5 nitrogen and oxygen atoms in total. The van der Waals surface area contributed by atoms with Crippen molar-refractivity contribution in [2.75, 3.05) is 25.1 Å². The summed E-state index contributed by atoms with van der Waals surface area (Å²) in [6, 6.07) is 16.3. The van der Waals surface area contributed by atoms with E-state index in [1.165, 1.54) is 29.4 Å². The largest absolute Gasteiger partial charge is 0.496 e. The molecule has 0 unspecified atom stereocenters. The van der Waals surface area contributed by atoms with E-state index in [9.17, 15) is 0 Å². The quantitative estimate of drug-likeness (QED) is 0.546. The second-order valence-electron chi connectivity index (χ2n) is 6.28. The molecule has 5 rings (SSSR count). The van der Waals surface area contributed by atoms with Gasteiger partial charge in [0.15, 0.2) is 0 Å². The topological polar surface area (TPSA) is 42.7 Å². The first-order valence-corrected chi connectivity index (χ1v) is 8.91. The molecule has 0 bridgehead atoms. The van der Waals surface area contributed by atoms with Crippen molar-refractivity contribution >= 4 is 22.4 Å². The predicted octanol–water partition coefficient (Wildman–Crippen LogP) is 4.18. The molecule has 26 heavy (non-hydrogen) atoms. The Bertz CT molecular complexity index is 1000. The van der Waals surface area contributed by atoms with Crippen LogP contribution in [0.15, 0.2) is 67.1 Å². The summed E-state index contributed by atoms with van der Waals surface area (Å²) in [6.07, 6.45) is 8.17. The highest BCUT2D eigenvalue weighted by Gasteiger charge is 2.14. The van der Waals surface area contributed by atoms with Gasteiger partial charge in [-0.2, -0.15) is 0 Å². The maximum Gasteiger partial charge on any atom is 0.235 e. The van der Waals surface area contributed by atoms with Crippen molar-refractivity contribution in [2.24, 2.45) is 0 Å². The Balaban J connectivity index is 0.000000131. The Morgan fingerprint density at radius 1 is 0.885 bits per heavy atom. The Morgan fingerprint density at radius 3 is 2.50 bits per heavy atom. The SMILES string of the molecule is COc1cccc2ccccc12.c1cc(N2CCCC2)n2ccnc2n1. The smallest absolute Gasteiger partial charge is 0.235 e. The maximum absolute atomic E-state index is 5.23. The molecule has 0 N–H and O–H groups in total. The second-order valence-corrected chi connectivity index (χ2v) is 6.28. The number of aromatic nitrogens is 3. The van der Waals surface area contributed by atoms with Gasteiger partial charge in [0.2, 0.25) is 5.78 Å². The van der Waals surface area contributed by atoms with Crippen LogP contribution in [0.4, 0.5) is 5.82 Å². The minimum absolute atomic E-state index is 0.786. The highest BCUT2D eigenvalue weighted by molar-refractivity contribution is 5.88. The zero-order valence-corrected chi connectivity index (χ0v) is 14.9. The average molecular weight is 346 g/mol. The molecule has 0 atom stereocenters. The van der Waals surface area contributed by atoms with Gasteiger partial charge in [-0.3, -0.25) is 4.40 Å². The molecular formula is C21H22N4O. The number of imidazole rings is 1. The summed E-state index contributed by atoms with van der Waals surface area (Å²) in [5.41, 5.74) is 0. The van der Waals surface area contributed by atoms with Gasteiger partial charge in [0.1, 0.15) is 11.6 Å². The van der Waals surface area contributed by atoms with E-state index in [0.717, 1.165) is 24.6 Å². The van der Waals surface area contributed by atoms with Gasteiger partial charge >= 0.3 is 0 Å². The third kappa shape index (κ3) is 3.20. The molecule has 2 aromatic carbocycles. The first-order valence-electron chi connectivity index (χ1n) is 8.91. The first kappa shape index (κ1) is 16.4. The fraction of sp³-hybridized carbons (Fsp3) is 0.238. The minimum Gasteiger partial charge on any atom is -0.496 e. The third-order valence-electron chi connectivity index (χ3n) is 4.68. The van der Waals surface area contributed by atoms with Crippen molar-refractivity contribution in [3.63, 3.8) is 0 Å². The van der Waals surface area contributed by atoms with E-state index in [1.54, 1.807) is 13.3 Å². The average Bonchev–Trinajstić information content (AvgIpc) is 3.39. The number of hydrogen-bond donors (Lipinski definition) is 0. The summed E-state index contributed by atoms with van der Waals surface area (Å²) >= 11 is 0. The molecular weight excluding hydrogens is 324 g/mol. The lowest BCUT2D eigenvalue weighted by molar-refractivity contribution is 0.420. The summed E-state index contributed by atoms with van der Waals surface area (Å²) in [7, 11) is 1.70. The number of benzene rings is 2. The summed E-state index contributed by atoms with van der Waals surface area (Å²) in [6.45, 7) is 2.30. The van der Waals surface area contributed by atoms with E-state index < -0.39 is 0 Å². The lowest BCUT2D eigenvalue weighted by Gasteiger charge is -2.18. The van der Waals surface area contributed by atoms with E-state index in [0.29, 0.717) is 0 Å². The standard InChI is InChI=1S/C11H10O.C10H12N4/c1-12-11-8-4-6-9-5-2-3-7-10(9)11;1-2-7-13(6-1)9-3-4-11-10-12-5-8-14(9)10/h2-8H,1H3;3-5,8H,1-2,6-7H2. The minimum atomic E-state index is 0.786. The van der Waals surface area contributed by atoms with E-state index in [2.05, 4.69) is 39.1 Å². The van der Waals surface area contributed by atoms with Crippen LogP contribution in [-0.2, 0) is 0 Å². The van der Waals surface area contributed by atoms with Crippen molar-refractivity contribution in [1.82, 2.24) is 14.4 Å². The Hall–Kier alpha value is -3.08. The van der Waals surface area contributed by atoms with Crippen molar-refractivity contribution in [1.29, 1.82) is 0 Å². The lowest BCUT2D eigenvalue weighted by atomic mass is 10.1. The Kier molecular flexibility index (Phi) is 4.69. The zero-order valence-electron chi connectivity index (χ0n) is 14.9. The van der Waals surface area contributed by atoms with Gasteiger partial charge in [-0.1, -0.05) is 36.4 Å². The number of rotatable bonds is 2. The monoisotopic (exact) mass is 346 g/mol. The van der Waals surface area contributed by atoms with Crippen LogP contribution in [0, 0.1) is 0 Å². The number of methoxy groups -OCH3 is 1. The van der Waals surface area contributed by atoms with Crippen LogP contribution in [0.2, 0.25) is 0 Å². The summed E-state index contributed by atoms with van der Waals surface area (Å²) in [4.78, 5) is 10.8. The molecule has 3 heterocycles. The molecule has 1 aliphatic rings. The summed E-state index contributed by atoms with van der Waals surface area (Å²) in [5.74, 6) is 2.94. The molecule has 1 aliphatic heterocycles. The second kappa shape index (κ2) is 7.44. The highest BCUT2D eigenvalue weighted by atomic mass is 16.5. The number of anilines is 1. The molecule has 132 valence electrons. The number of ether oxygens (including phenoxy) is 1. The molecule has 0 aliphatic carbocycles. The van der Waals surface area contributed by atoms with Gasteiger partial charge < -0.3 is 9.64 Å². The third-order valence-corrected chi connectivity index (χ3v) is 4.68. The summed E-state index contributed by atoms with van der Waals surface area (Å²) < 4.78 is 7.27. The van der Waals surface area contributed by atoms with Crippen LogP contribution >= 0.6 is 0 Å². The lowest BCUT2D eigenvalue weighted by Crippen LogP contribution is -2.20. The molecule has 2 aromatic heterocycles. The van der Waals surface area contributed by atoms with Gasteiger partial charge in [0, 0.05) is 37.1 Å². The van der Waals surface area contributed by atoms with Crippen LogP contribution < -0.4 is 9.64 Å². The molecule has 0 spiro atoms. The predicted molar refractivity (Wildman–Crippen MR) is 105 cm³/mol. The first-order chi connectivity index (χ1) is 12.9.